The lowest BCUT2D eigenvalue weighted by atomic mass is 9.85. The summed E-state index contributed by atoms with van der Waals surface area (Å²) >= 11 is 0. The summed E-state index contributed by atoms with van der Waals surface area (Å²) in [4.78, 5) is 19.0. The van der Waals surface area contributed by atoms with Crippen molar-refractivity contribution in [2.75, 3.05) is 6.54 Å². The zero-order chi connectivity index (χ0) is 15.8. The number of H-pyrrole nitrogens is 1. The largest absolute Gasteiger partial charge is 0.352 e. The highest BCUT2D eigenvalue weighted by Gasteiger charge is 2.28. The normalized spacial score (nSPS) is 21.8. The number of nitrogens with zero attached hydrogens (tertiary/aromatic N) is 4. The molecule has 2 atom stereocenters. The second-order valence-corrected chi connectivity index (χ2v) is 6.05. The molecule has 1 fully saturated rings. The number of nitrogens with one attached hydrogen (secondary N) is 2. The van der Waals surface area contributed by atoms with Crippen LogP contribution in [0, 0.1) is 0 Å². The lowest BCUT2D eigenvalue weighted by Gasteiger charge is -2.28. The molecule has 0 bridgehead atoms. The quantitative estimate of drug-likeness (QED) is 0.659. The zero-order valence-corrected chi connectivity index (χ0v) is 12.7. The monoisotopic (exact) mass is 313 g/mol. The number of fused-ring (bicyclic) bond motifs is 3. The Labute approximate surface area is 132 Å². The molecule has 1 aliphatic carbocycles. The summed E-state index contributed by atoms with van der Waals surface area (Å²) in [6, 6.07) is 2.14. The average molecular weight is 313 g/mol. The molecule has 0 aromatic carbocycles. The Bertz CT molecular complexity index is 852. The molecule has 1 amide bonds. The molecule has 3 heterocycles. The molecule has 1 saturated carbocycles. The highest BCUT2D eigenvalue weighted by Crippen LogP contribution is 2.33. The van der Waals surface area contributed by atoms with Crippen LogP contribution in [-0.4, -0.2) is 43.1 Å². The van der Waals surface area contributed by atoms with E-state index in [4.69, 9.17) is 5.73 Å². The predicted octanol–water partition coefficient (Wildman–Crippen LogP) is 0.707. The number of hydrogen-bond donors (Lipinski definition) is 3. The Morgan fingerprint density at radius 1 is 1.43 bits per heavy atom. The number of carbonyl (C=O) groups excluding carboxylic acids is 1. The fourth-order valence-electron chi connectivity index (χ4n) is 3.50. The average Bonchev–Trinajstić information content (AvgIpc) is 3.20. The molecular formula is C15H19N7O. The van der Waals surface area contributed by atoms with E-state index in [0.717, 1.165) is 48.3 Å². The molecule has 3 aromatic heterocycles. The Kier molecular flexibility index (Phi) is 3.45. The molecule has 3 aromatic rings. The Morgan fingerprint density at radius 2 is 2.35 bits per heavy atom. The van der Waals surface area contributed by atoms with Crippen LogP contribution >= 0.6 is 0 Å². The van der Waals surface area contributed by atoms with Gasteiger partial charge in [-0.3, -0.25) is 9.20 Å². The molecule has 0 spiro atoms. The third kappa shape index (κ3) is 2.44. The Hall–Kier alpha value is -2.48. The number of nitrogens with two attached hydrogens (primary N) is 1. The zero-order valence-electron chi connectivity index (χ0n) is 12.7. The first kappa shape index (κ1) is 14.1. The lowest BCUT2D eigenvalue weighted by molar-refractivity contribution is -0.120. The van der Waals surface area contributed by atoms with Gasteiger partial charge in [-0.15, -0.1) is 10.2 Å². The van der Waals surface area contributed by atoms with Gasteiger partial charge in [-0.1, -0.05) is 6.42 Å². The molecule has 4 N–H and O–H groups in total. The lowest BCUT2D eigenvalue weighted by Crippen LogP contribution is -2.41. The maximum absolute atomic E-state index is 11.5. The van der Waals surface area contributed by atoms with E-state index in [1.165, 1.54) is 0 Å². The summed E-state index contributed by atoms with van der Waals surface area (Å²) in [6.45, 7) is 0.0324. The van der Waals surface area contributed by atoms with E-state index in [-0.39, 0.29) is 24.4 Å². The number of carbonyl (C=O) groups is 1. The number of aromatic amines is 1. The summed E-state index contributed by atoms with van der Waals surface area (Å²) in [5, 5.41) is 11.7. The fraction of sp³-hybridized carbons (Fsp3) is 0.467. The smallest absolute Gasteiger partial charge is 0.233 e. The van der Waals surface area contributed by atoms with Gasteiger partial charge < -0.3 is 16.0 Å². The minimum Gasteiger partial charge on any atom is -0.352 e. The highest BCUT2D eigenvalue weighted by atomic mass is 16.1. The molecule has 0 unspecified atom stereocenters. The van der Waals surface area contributed by atoms with Crippen molar-refractivity contribution >= 4 is 22.7 Å². The van der Waals surface area contributed by atoms with Crippen LogP contribution in [0.1, 0.15) is 37.4 Å². The van der Waals surface area contributed by atoms with Crippen LogP contribution in [0.2, 0.25) is 0 Å². The highest BCUT2D eigenvalue weighted by molar-refractivity contribution is 5.78. The van der Waals surface area contributed by atoms with Crippen LogP contribution in [-0.2, 0) is 4.79 Å². The molecule has 8 nitrogen and oxygen atoms in total. The maximum atomic E-state index is 11.5. The minimum atomic E-state index is -0.0982. The number of amides is 1. The van der Waals surface area contributed by atoms with Crippen LogP contribution in [0.25, 0.3) is 16.8 Å². The van der Waals surface area contributed by atoms with Gasteiger partial charge in [0.15, 0.2) is 11.3 Å². The van der Waals surface area contributed by atoms with Gasteiger partial charge in [-0.05, 0) is 25.3 Å². The maximum Gasteiger partial charge on any atom is 0.233 e. The summed E-state index contributed by atoms with van der Waals surface area (Å²) < 4.78 is 2.07. The summed E-state index contributed by atoms with van der Waals surface area (Å²) in [5.41, 5.74) is 7.95. The molecular weight excluding hydrogens is 294 g/mol. The molecule has 0 radical (unpaired) electrons. The van der Waals surface area contributed by atoms with E-state index < -0.39 is 0 Å². The fourth-order valence-corrected chi connectivity index (χ4v) is 3.50. The summed E-state index contributed by atoms with van der Waals surface area (Å²) in [6.07, 6.45) is 7.54. The molecule has 23 heavy (non-hydrogen) atoms. The second kappa shape index (κ2) is 5.62. The number of aromatic nitrogens is 5. The van der Waals surface area contributed by atoms with Gasteiger partial charge in [-0.25, -0.2) is 4.98 Å². The van der Waals surface area contributed by atoms with Gasteiger partial charge in [0.1, 0.15) is 5.82 Å². The SMILES string of the molecule is NCC(=O)N[C@H]1CCC[C@H](c2nnc3cnc4[nH]ccc4n23)C1. The summed E-state index contributed by atoms with van der Waals surface area (Å²) in [7, 11) is 0. The minimum absolute atomic E-state index is 0.0324. The first-order valence-electron chi connectivity index (χ1n) is 7.93. The summed E-state index contributed by atoms with van der Waals surface area (Å²) in [5.74, 6) is 1.11. The van der Waals surface area contributed by atoms with Crippen molar-refractivity contribution in [3.05, 3.63) is 24.3 Å². The third-order valence-corrected chi connectivity index (χ3v) is 4.56. The van der Waals surface area contributed by atoms with Crippen molar-refractivity contribution in [1.82, 2.24) is 29.9 Å². The van der Waals surface area contributed by atoms with E-state index >= 15 is 0 Å². The van der Waals surface area contributed by atoms with Crippen molar-refractivity contribution in [3.63, 3.8) is 0 Å². The Balaban J connectivity index is 1.68. The van der Waals surface area contributed by atoms with Gasteiger partial charge in [0, 0.05) is 18.2 Å². The van der Waals surface area contributed by atoms with Crippen LogP contribution in [0.5, 0.6) is 0 Å². The van der Waals surface area contributed by atoms with Gasteiger partial charge in [0.05, 0.1) is 18.3 Å². The van der Waals surface area contributed by atoms with E-state index in [1.54, 1.807) is 6.20 Å². The van der Waals surface area contributed by atoms with E-state index in [1.807, 2.05) is 12.3 Å². The molecule has 8 heteroatoms. The second-order valence-electron chi connectivity index (χ2n) is 6.05. The van der Waals surface area contributed by atoms with Crippen LogP contribution in [0.15, 0.2) is 18.5 Å². The first-order valence-corrected chi connectivity index (χ1v) is 7.93. The predicted molar refractivity (Wildman–Crippen MR) is 84.8 cm³/mol. The van der Waals surface area contributed by atoms with E-state index in [9.17, 15) is 4.79 Å². The number of hydrogen-bond acceptors (Lipinski definition) is 5. The van der Waals surface area contributed by atoms with Crippen LogP contribution in [0.4, 0.5) is 0 Å². The van der Waals surface area contributed by atoms with Crippen molar-refractivity contribution < 1.29 is 4.79 Å². The molecule has 120 valence electrons. The van der Waals surface area contributed by atoms with Crippen molar-refractivity contribution in [1.29, 1.82) is 0 Å². The first-order chi connectivity index (χ1) is 11.3. The van der Waals surface area contributed by atoms with Crippen LogP contribution in [0.3, 0.4) is 0 Å². The van der Waals surface area contributed by atoms with Gasteiger partial charge in [-0.2, -0.15) is 0 Å². The van der Waals surface area contributed by atoms with Gasteiger partial charge >= 0.3 is 0 Å². The van der Waals surface area contributed by atoms with Gasteiger partial charge in [0.25, 0.3) is 0 Å². The topological polar surface area (TPSA) is 114 Å². The number of rotatable bonds is 3. The molecule has 1 aliphatic rings. The van der Waals surface area contributed by atoms with Crippen molar-refractivity contribution in [2.45, 2.75) is 37.6 Å². The van der Waals surface area contributed by atoms with E-state index in [0.29, 0.717) is 0 Å². The van der Waals surface area contributed by atoms with E-state index in [2.05, 4.69) is 29.9 Å². The Morgan fingerprint density at radius 3 is 3.22 bits per heavy atom. The molecule has 0 aliphatic heterocycles. The van der Waals surface area contributed by atoms with Crippen molar-refractivity contribution in [3.8, 4) is 0 Å². The standard InChI is InChI=1S/C15H19N7O/c16-7-13(23)19-10-3-1-2-9(6-10)15-21-20-12-8-18-14-11(22(12)15)4-5-17-14/h4-5,8-10,17H,1-3,6-7,16H2,(H,19,23)/t9-,10-/m0/s1. The van der Waals surface area contributed by atoms with Gasteiger partial charge in [0.2, 0.25) is 5.91 Å². The van der Waals surface area contributed by atoms with Crippen molar-refractivity contribution in [2.24, 2.45) is 5.73 Å². The van der Waals surface area contributed by atoms with Crippen LogP contribution < -0.4 is 11.1 Å². The molecule has 4 rings (SSSR count). The third-order valence-electron chi connectivity index (χ3n) is 4.56. The molecule has 0 saturated heterocycles.